The van der Waals surface area contributed by atoms with Gasteiger partial charge >= 0.3 is 5.97 Å². The van der Waals surface area contributed by atoms with Crippen LogP contribution in [0.2, 0.25) is 18.1 Å². The topological polar surface area (TPSA) is 48.1 Å². The van der Waals surface area contributed by atoms with Gasteiger partial charge in [0.05, 0.1) is 19.1 Å². The predicted molar refractivity (Wildman–Crippen MR) is 114 cm³/mol. The summed E-state index contributed by atoms with van der Waals surface area (Å²) in [6.45, 7) is 13.7. The van der Waals surface area contributed by atoms with E-state index in [2.05, 4.69) is 52.1 Å². The number of ether oxygens (including phenoxy) is 2. The maximum Gasteiger partial charge on any atom is 0.306 e. The van der Waals surface area contributed by atoms with Gasteiger partial charge in [-0.25, -0.2) is 0 Å². The summed E-state index contributed by atoms with van der Waals surface area (Å²) in [5, 5.41) is 0.179. The molecule has 4 nitrogen and oxygen atoms in total. The summed E-state index contributed by atoms with van der Waals surface area (Å²) < 4.78 is 17.3. The minimum atomic E-state index is -1.82. The Labute approximate surface area is 170 Å². The lowest BCUT2D eigenvalue weighted by Crippen LogP contribution is -2.43. The van der Waals surface area contributed by atoms with Crippen LogP contribution in [0.4, 0.5) is 0 Å². The van der Waals surface area contributed by atoms with Crippen LogP contribution in [-0.4, -0.2) is 33.1 Å². The van der Waals surface area contributed by atoms with Crippen LogP contribution in [0.5, 0.6) is 5.75 Å². The highest BCUT2D eigenvalue weighted by Gasteiger charge is 2.51. The van der Waals surface area contributed by atoms with Crippen LogP contribution >= 0.6 is 0 Å². The summed E-state index contributed by atoms with van der Waals surface area (Å²) in [5.74, 6) is 1.12. The van der Waals surface area contributed by atoms with E-state index in [1.54, 1.807) is 0 Å². The molecule has 0 radical (unpaired) electrons. The summed E-state index contributed by atoms with van der Waals surface area (Å²) in [4.78, 5) is 12.2. The molecule has 0 unspecified atom stereocenters. The van der Waals surface area contributed by atoms with E-state index in [-0.39, 0.29) is 17.1 Å². The highest BCUT2D eigenvalue weighted by atomic mass is 28.4. The van der Waals surface area contributed by atoms with Crippen molar-refractivity contribution in [1.82, 2.24) is 0 Å². The fourth-order valence-electron chi connectivity index (χ4n) is 3.58. The van der Waals surface area contributed by atoms with E-state index in [1.165, 1.54) is 5.57 Å². The molecule has 1 saturated heterocycles. The fraction of sp³-hybridized carbons (Fsp3) is 0.609. The molecule has 2 aliphatic rings. The average molecular weight is 403 g/mol. The summed E-state index contributed by atoms with van der Waals surface area (Å²) in [6.07, 6.45) is 4.86. The van der Waals surface area contributed by atoms with E-state index in [0.717, 1.165) is 24.2 Å². The van der Waals surface area contributed by atoms with Gasteiger partial charge in [-0.1, -0.05) is 39.0 Å². The summed E-state index contributed by atoms with van der Waals surface area (Å²) in [6, 6.07) is 8.19. The molecule has 5 heteroatoms. The zero-order valence-corrected chi connectivity index (χ0v) is 19.1. The number of epoxide rings is 1. The second-order valence-electron chi connectivity index (χ2n) is 9.50. The van der Waals surface area contributed by atoms with Crippen molar-refractivity contribution in [2.75, 3.05) is 6.61 Å². The first kappa shape index (κ1) is 21.1. The number of esters is 1. The second-order valence-corrected chi connectivity index (χ2v) is 14.2. The number of carbonyl (C=O) groups excluding carboxylic acids is 1. The molecule has 154 valence electrons. The number of hydrogen-bond donors (Lipinski definition) is 0. The first-order chi connectivity index (χ1) is 13.1. The molecule has 1 aromatic rings. The van der Waals surface area contributed by atoms with E-state index in [4.69, 9.17) is 13.9 Å². The third-order valence-corrected chi connectivity index (χ3v) is 10.8. The lowest BCUT2D eigenvalue weighted by molar-refractivity contribution is -0.144. The lowest BCUT2D eigenvalue weighted by atomic mass is 9.98. The van der Waals surface area contributed by atoms with E-state index in [1.807, 2.05) is 19.1 Å². The first-order valence-electron chi connectivity index (χ1n) is 10.4. The summed E-state index contributed by atoms with van der Waals surface area (Å²) in [7, 11) is -1.82. The van der Waals surface area contributed by atoms with Crippen molar-refractivity contribution in [3.63, 3.8) is 0 Å². The van der Waals surface area contributed by atoms with E-state index >= 15 is 0 Å². The van der Waals surface area contributed by atoms with Gasteiger partial charge in [-0.15, -0.1) is 0 Å². The van der Waals surface area contributed by atoms with Crippen LogP contribution in [0.15, 0.2) is 35.9 Å². The molecule has 2 fully saturated rings. The fourth-order valence-corrected chi connectivity index (χ4v) is 4.61. The highest BCUT2D eigenvalue weighted by molar-refractivity contribution is 6.74. The number of benzene rings is 1. The monoisotopic (exact) mass is 402 g/mol. The number of fused-ring (bicyclic) bond motifs is 1. The van der Waals surface area contributed by atoms with Crippen LogP contribution in [0.3, 0.4) is 0 Å². The maximum atomic E-state index is 12.2. The SMILES string of the molecule is C/C=C1\[C@H](CC(=O)OCCc2ccc(O[Si](C)(C)C(C)(C)C)cc2)C[C@H]2O[C@@H]12. The quantitative estimate of drug-likeness (QED) is 0.269. The molecule has 0 aromatic heterocycles. The van der Waals surface area contributed by atoms with Gasteiger partial charge in [0.1, 0.15) is 11.9 Å². The molecule has 1 saturated carbocycles. The Balaban J connectivity index is 1.42. The highest BCUT2D eigenvalue weighted by Crippen LogP contribution is 2.47. The average Bonchev–Trinajstić information content (AvgIpc) is 3.27. The number of allylic oxidation sites excluding steroid dienone is 1. The predicted octanol–water partition coefficient (Wildman–Crippen LogP) is 5.28. The number of hydrogen-bond acceptors (Lipinski definition) is 4. The van der Waals surface area contributed by atoms with Gasteiger partial charge in [0.2, 0.25) is 8.32 Å². The largest absolute Gasteiger partial charge is 0.544 e. The molecular weight excluding hydrogens is 368 g/mol. The van der Waals surface area contributed by atoms with Gasteiger partial charge in [-0.05, 0) is 60.7 Å². The van der Waals surface area contributed by atoms with Crippen LogP contribution in [0.1, 0.15) is 46.1 Å². The minimum Gasteiger partial charge on any atom is -0.544 e. The molecular formula is C23H34O4Si. The van der Waals surface area contributed by atoms with Crippen molar-refractivity contribution in [3.05, 3.63) is 41.5 Å². The molecule has 0 spiro atoms. The Morgan fingerprint density at radius 2 is 1.93 bits per heavy atom. The molecule has 0 bridgehead atoms. The van der Waals surface area contributed by atoms with E-state index < -0.39 is 8.32 Å². The molecule has 0 amide bonds. The van der Waals surface area contributed by atoms with Crippen LogP contribution in [0, 0.1) is 5.92 Å². The normalized spacial score (nSPS) is 25.5. The summed E-state index contributed by atoms with van der Waals surface area (Å²) >= 11 is 0. The molecule has 0 N–H and O–H groups in total. The van der Waals surface area contributed by atoms with Gasteiger partial charge < -0.3 is 13.9 Å². The van der Waals surface area contributed by atoms with Gasteiger partial charge in [0, 0.05) is 6.42 Å². The van der Waals surface area contributed by atoms with Crippen LogP contribution in [-0.2, 0) is 20.7 Å². The standard InChI is InChI=1S/C23H34O4Si/c1-7-19-17(14-20-22(19)26-20)15-21(24)25-13-12-16-8-10-18(11-9-16)27-28(5,6)23(2,3)4/h7-11,17,20,22H,12-15H2,1-6H3/b19-7+/t17-,20+,22-/m0/s1. The molecule has 3 rings (SSSR count). The second kappa shape index (κ2) is 8.03. The Kier molecular flexibility index (Phi) is 6.06. The van der Waals surface area contributed by atoms with Gasteiger partial charge in [-0.3, -0.25) is 4.79 Å². The van der Waals surface area contributed by atoms with Gasteiger partial charge in [0.15, 0.2) is 0 Å². The van der Waals surface area contributed by atoms with Crippen molar-refractivity contribution in [1.29, 1.82) is 0 Å². The maximum absolute atomic E-state index is 12.2. The van der Waals surface area contributed by atoms with E-state index in [9.17, 15) is 4.79 Å². The molecule has 1 aromatic carbocycles. The van der Waals surface area contributed by atoms with Crippen molar-refractivity contribution in [2.24, 2.45) is 5.92 Å². The molecule has 1 heterocycles. The minimum absolute atomic E-state index is 0.108. The summed E-state index contributed by atoms with van der Waals surface area (Å²) in [5.41, 5.74) is 2.43. The van der Waals surface area contributed by atoms with Gasteiger partial charge in [-0.2, -0.15) is 0 Å². The Morgan fingerprint density at radius 1 is 1.25 bits per heavy atom. The lowest BCUT2D eigenvalue weighted by Gasteiger charge is -2.36. The first-order valence-corrected chi connectivity index (χ1v) is 13.3. The molecule has 28 heavy (non-hydrogen) atoms. The van der Waals surface area contributed by atoms with Crippen molar-refractivity contribution >= 4 is 14.3 Å². The zero-order chi connectivity index (χ0) is 20.5. The smallest absolute Gasteiger partial charge is 0.306 e. The third kappa shape index (κ3) is 4.87. The van der Waals surface area contributed by atoms with Crippen molar-refractivity contribution in [2.45, 2.75) is 77.3 Å². The number of carbonyl (C=O) groups is 1. The Bertz CT molecular complexity index is 730. The Hall–Kier alpha value is -1.59. The zero-order valence-electron chi connectivity index (χ0n) is 18.1. The van der Waals surface area contributed by atoms with Crippen LogP contribution < -0.4 is 4.43 Å². The van der Waals surface area contributed by atoms with E-state index in [0.29, 0.717) is 25.0 Å². The van der Waals surface area contributed by atoms with Crippen molar-refractivity contribution in [3.8, 4) is 5.75 Å². The molecule has 1 aliphatic heterocycles. The molecule has 3 atom stereocenters. The van der Waals surface area contributed by atoms with Crippen LogP contribution in [0.25, 0.3) is 0 Å². The third-order valence-electron chi connectivity index (χ3n) is 6.40. The Morgan fingerprint density at radius 3 is 2.54 bits per heavy atom. The van der Waals surface area contributed by atoms with Gasteiger partial charge in [0.25, 0.3) is 0 Å². The van der Waals surface area contributed by atoms with Crippen molar-refractivity contribution < 1.29 is 18.7 Å². The molecule has 1 aliphatic carbocycles. The number of rotatable bonds is 7.